The van der Waals surface area contributed by atoms with Gasteiger partial charge < -0.3 is 10.0 Å². The maximum Gasteiger partial charge on any atom is 0.307 e. The number of piperazine rings is 1. The van der Waals surface area contributed by atoms with Crippen LogP contribution in [0.3, 0.4) is 0 Å². The van der Waals surface area contributed by atoms with Gasteiger partial charge in [0.15, 0.2) is 0 Å². The maximum atomic E-state index is 10.9. The topological polar surface area (TPSA) is 47.0 Å². The summed E-state index contributed by atoms with van der Waals surface area (Å²) in [6.07, 6.45) is 4.12. The van der Waals surface area contributed by atoms with E-state index in [-0.39, 0.29) is 5.92 Å². The van der Waals surface area contributed by atoms with Crippen molar-refractivity contribution in [3.05, 3.63) is 0 Å². The lowest BCUT2D eigenvalue weighted by molar-refractivity contribution is -0.141. The summed E-state index contributed by atoms with van der Waals surface area (Å²) in [7, 11) is 0. The largest absolute Gasteiger partial charge is 0.481 e. The van der Waals surface area contributed by atoms with Crippen molar-refractivity contribution in [1.29, 1.82) is 0 Å². The average molecular weight is 283 g/mol. The summed E-state index contributed by atoms with van der Waals surface area (Å²) >= 11 is 0. The first-order valence-electron chi connectivity index (χ1n) is 8.05. The van der Waals surface area contributed by atoms with Crippen molar-refractivity contribution in [2.24, 2.45) is 5.92 Å². The molecule has 5 heteroatoms. The highest BCUT2D eigenvalue weighted by molar-refractivity contribution is 5.69. The Bertz CT molecular complexity index is 297. The van der Waals surface area contributed by atoms with E-state index in [2.05, 4.69) is 14.7 Å². The molecule has 0 saturated carbocycles. The third kappa shape index (κ3) is 5.04. The summed E-state index contributed by atoms with van der Waals surface area (Å²) in [6, 6.07) is 0. The van der Waals surface area contributed by atoms with Crippen molar-refractivity contribution in [2.75, 3.05) is 58.9 Å². The van der Waals surface area contributed by atoms with Crippen molar-refractivity contribution in [3.8, 4) is 0 Å². The minimum atomic E-state index is -0.683. The summed E-state index contributed by atoms with van der Waals surface area (Å²) < 4.78 is 0. The molecule has 0 radical (unpaired) electrons. The fourth-order valence-electron chi connectivity index (χ4n) is 3.13. The lowest BCUT2D eigenvalue weighted by Crippen LogP contribution is -2.50. The Morgan fingerprint density at radius 2 is 1.40 bits per heavy atom. The number of likely N-dealkylation sites (tertiary alicyclic amines) is 1. The molecule has 0 aliphatic carbocycles. The molecule has 0 amide bonds. The van der Waals surface area contributed by atoms with E-state index in [0.29, 0.717) is 6.54 Å². The Morgan fingerprint density at radius 1 is 0.900 bits per heavy atom. The number of hydrogen-bond donors (Lipinski definition) is 1. The number of aliphatic carboxylic acids is 1. The number of rotatable bonds is 6. The normalized spacial score (nSPS) is 24.6. The van der Waals surface area contributed by atoms with Gasteiger partial charge in [-0.1, -0.05) is 13.3 Å². The van der Waals surface area contributed by atoms with E-state index in [1.807, 2.05) is 0 Å². The molecule has 2 aliphatic heterocycles. The molecular weight excluding hydrogens is 254 g/mol. The molecule has 1 N–H and O–H groups in total. The van der Waals surface area contributed by atoms with Gasteiger partial charge in [0.1, 0.15) is 0 Å². The molecule has 0 aromatic rings. The lowest BCUT2D eigenvalue weighted by Gasteiger charge is -2.36. The fraction of sp³-hybridized carbons (Fsp3) is 0.933. The van der Waals surface area contributed by atoms with Gasteiger partial charge in [0.25, 0.3) is 0 Å². The van der Waals surface area contributed by atoms with Crippen LogP contribution in [0, 0.1) is 5.92 Å². The molecule has 5 nitrogen and oxygen atoms in total. The summed E-state index contributed by atoms with van der Waals surface area (Å²) in [6.45, 7) is 11.6. The number of carboxylic acid groups (broad SMARTS) is 1. The second-order valence-corrected chi connectivity index (χ2v) is 6.28. The molecular formula is C15H29N3O2. The van der Waals surface area contributed by atoms with Gasteiger partial charge in [0, 0.05) is 45.8 Å². The van der Waals surface area contributed by atoms with E-state index in [1.165, 1.54) is 45.4 Å². The monoisotopic (exact) mass is 283 g/mol. The minimum Gasteiger partial charge on any atom is -0.481 e. The van der Waals surface area contributed by atoms with Crippen LogP contribution >= 0.6 is 0 Å². The number of piperidine rings is 1. The third-order valence-electron chi connectivity index (χ3n) is 4.60. The van der Waals surface area contributed by atoms with Crippen LogP contribution in [-0.4, -0.2) is 84.7 Å². The van der Waals surface area contributed by atoms with Crippen LogP contribution in [0.15, 0.2) is 0 Å². The predicted octanol–water partition coefficient (Wildman–Crippen LogP) is 0.811. The van der Waals surface area contributed by atoms with E-state index in [9.17, 15) is 4.79 Å². The molecule has 0 aromatic heterocycles. The zero-order valence-corrected chi connectivity index (χ0v) is 12.8. The summed E-state index contributed by atoms with van der Waals surface area (Å²) in [5.74, 6) is -0.938. The Balaban J connectivity index is 1.60. The Hall–Kier alpha value is -0.650. The SMILES string of the molecule is CC(CN1CCN(CCN2CCCCC2)CC1)C(=O)O. The minimum absolute atomic E-state index is 0.255. The standard InChI is InChI=1S/C15H29N3O2/c1-14(15(19)20)13-18-11-9-17(10-12-18)8-7-16-5-3-2-4-6-16/h14H,2-13H2,1H3,(H,19,20). The van der Waals surface area contributed by atoms with Gasteiger partial charge in [-0.3, -0.25) is 14.6 Å². The van der Waals surface area contributed by atoms with Crippen molar-refractivity contribution >= 4 is 5.97 Å². The van der Waals surface area contributed by atoms with Crippen molar-refractivity contribution < 1.29 is 9.90 Å². The van der Waals surface area contributed by atoms with Crippen LogP contribution in [0.25, 0.3) is 0 Å². The van der Waals surface area contributed by atoms with E-state index in [1.54, 1.807) is 6.92 Å². The van der Waals surface area contributed by atoms with Crippen LogP contribution < -0.4 is 0 Å². The number of carboxylic acids is 1. The molecule has 0 spiro atoms. The third-order valence-corrected chi connectivity index (χ3v) is 4.60. The van der Waals surface area contributed by atoms with E-state index in [0.717, 1.165) is 26.2 Å². The Morgan fingerprint density at radius 3 is 1.95 bits per heavy atom. The van der Waals surface area contributed by atoms with E-state index < -0.39 is 5.97 Å². The molecule has 0 bridgehead atoms. The van der Waals surface area contributed by atoms with Crippen molar-refractivity contribution in [1.82, 2.24) is 14.7 Å². The highest BCUT2D eigenvalue weighted by Gasteiger charge is 2.21. The lowest BCUT2D eigenvalue weighted by atomic mass is 10.1. The van der Waals surface area contributed by atoms with Crippen molar-refractivity contribution in [2.45, 2.75) is 26.2 Å². The fourth-order valence-corrected chi connectivity index (χ4v) is 3.13. The zero-order chi connectivity index (χ0) is 14.4. The van der Waals surface area contributed by atoms with Crippen LogP contribution in [-0.2, 0) is 4.79 Å². The second-order valence-electron chi connectivity index (χ2n) is 6.28. The molecule has 1 atom stereocenters. The highest BCUT2D eigenvalue weighted by Crippen LogP contribution is 2.09. The van der Waals surface area contributed by atoms with Gasteiger partial charge in [-0.05, 0) is 25.9 Å². The predicted molar refractivity (Wildman–Crippen MR) is 80.0 cm³/mol. The van der Waals surface area contributed by atoms with Gasteiger partial charge in [-0.25, -0.2) is 0 Å². The van der Waals surface area contributed by atoms with Crippen LogP contribution in [0.2, 0.25) is 0 Å². The van der Waals surface area contributed by atoms with Crippen molar-refractivity contribution in [3.63, 3.8) is 0 Å². The summed E-state index contributed by atoms with van der Waals surface area (Å²) in [5, 5.41) is 8.95. The van der Waals surface area contributed by atoms with E-state index in [4.69, 9.17) is 5.11 Å². The van der Waals surface area contributed by atoms with Gasteiger partial charge in [-0.15, -0.1) is 0 Å². The van der Waals surface area contributed by atoms with Gasteiger partial charge >= 0.3 is 5.97 Å². The first-order chi connectivity index (χ1) is 9.65. The van der Waals surface area contributed by atoms with Crippen LogP contribution in [0.4, 0.5) is 0 Å². The first kappa shape index (κ1) is 15.7. The Kier molecular flexibility index (Phi) is 6.26. The second kappa shape index (κ2) is 7.96. The van der Waals surface area contributed by atoms with Crippen LogP contribution in [0.1, 0.15) is 26.2 Å². The first-order valence-corrected chi connectivity index (χ1v) is 8.05. The molecule has 116 valence electrons. The number of hydrogen-bond acceptors (Lipinski definition) is 4. The molecule has 2 saturated heterocycles. The summed E-state index contributed by atoms with van der Waals surface area (Å²) in [5.41, 5.74) is 0. The van der Waals surface area contributed by atoms with E-state index >= 15 is 0 Å². The number of nitrogens with zero attached hydrogens (tertiary/aromatic N) is 3. The summed E-state index contributed by atoms with van der Waals surface area (Å²) in [4.78, 5) is 18.3. The van der Waals surface area contributed by atoms with Gasteiger partial charge in [-0.2, -0.15) is 0 Å². The smallest absolute Gasteiger partial charge is 0.307 e. The quantitative estimate of drug-likeness (QED) is 0.782. The molecule has 2 aliphatic rings. The molecule has 20 heavy (non-hydrogen) atoms. The highest BCUT2D eigenvalue weighted by atomic mass is 16.4. The van der Waals surface area contributed by atoms with Gasteiger partial charge in [0.05, 0.1) is 5.92 Å². The molecule has 2 fully saturated rings. The van der Waals surface area contributed by atoms with Gasteiger partial charge in [0.2, 0.25) is 0 Å². The maximum absolute atomic E-state index is 10.9. The molecule has 0 aromatic carbocycles. The Labute approximate surface area is 122 Å². The van der Waals surface area contributed by atoms with Crippen LogP contribution in [0.5, 0.6) is 0 Å². The molecule has 1 unspecified atom stereocenters. The molecule has 2 heterocycles. The number of carbonyl (C=O) groups is 1. The zero-order valence-electron chi connectivity index (χ0n) is 12.8. The molecule has 2 rings (SSSR count). The average Bonchev–Trinajstić information content (AvgIpc) is 2.47.